The van der Waals surface area contributed by atoms with Crippen molar-refractivity contribution in [3.8, 4) is 0 Å². The molecule has 1 aliphatic rings. The van der Waals surface area contributed by atoms with Gasteiger partial charge in [-0.3, -0.25) is 0 Å². The summed E-state index contributed by atoms with van der Waals surface area (Å²) in [7, 11) is 0. The summed E-state index contributed by atoms with van der Waals surface area (Å²) in [5.74, 6) is 0.667. The maximum atomic E-state index is 5.65. The minimum absolute atomic E-state index is 0.614. The summed E-state index contributed by atoms with van der Waals surface area (Å²) in [6.45, 7) is 10.1. The molecule has 2 atom stereocenters. The molecule has 0 spiro atoms. The lowest BCUT2D eigenvalue weighted by atomic mass is 10.3. The smallest absolute Gasteiger partial charge is 0.318 e. The number of aromatic nitrogens is 2. The molecular weight excluding hydrogens is 236 g/mol. The normalized spacial score (nSPS) is 25.2. The van der Waals surface area contributed by atoms with Crippen LogP contribution in [0.2, 0.25) is 0 Å². The third-order valence-electron chi connectivity index (χ3n) is 2.67. The van der Waals surface area contributed by atoms with Gasteiger partial charge in [0.15, 0.2) is 0 Å². The average molecular weight is 256 g/mol. The van der Waals surface area contributed by atoms with Crippen molar-refractivity contribution < 1.29 is 4.42 Å². The van der Waals surface area contributed by atoms with E-state index in [1.165, 1.54) is 0 Å². The Kier molecular flexibility index (Phi) is 4.28. The van der Waals surface area contributed by atoms with Gasteiger partial charge in [0.05, 0.1) is 6.54 Å². The Bertz CT molecular complexity index is 347. The number of hydrogen-bond donors (Lipinski definition) is 1. The average Bonchev–Trinajstić information content (AvgIpc) is 2.73. The molecule has 1 saturated heterocycles. The van der Waals surface area contributed by atoms with E-state index in [9.17, 15) is 0 Å². The Morgan fingerprint density at radius 2 is 2.06 bits per heavy atom. The fraction of sp³-hybridized carbons (Fsp3) is 0.818. The van der Waals surface area contributed by atoms with Crippen molar-refractivity contribution in [3.05, 3.63) is 5.89 Å². The van der Waals surface area contributed by atoms with Crippen molar-refractivity contribution in [1.29, 1.82) is 0 Å². The van der Waals surface area contributed by atoms with E-state index >= 15 is 0 Å². The standard InChI is InChI=1S/C11H20N4OS/c1-4-12-5-10-13-14-11(16-10)15-6-8(2)17-9(3)7-15/h8-9,12H,4-7H2,1-3H3. The van der Waals surface area contributed by atoms with Gasteiger partial charge < -0.3 is 14.6 Å². The van der Waals surface area contributed by atoms with Gasteiger partial charge in [0.2, 0.25) is 5.89 Å². The van der Waals surface area contributed by atoms with Crippen molar-refractivity contribution in [2.45, 2.75) is 37.8 Å². The summed E-state index contributed by atoms with van der Waals surface area (Å²) in [6.07, 6.45) is 0. The molecule has 2 heterocycles. The highest BCUT2D eigenvalue weighted by atomic mass is 32.2. The second-order valence-corrected chi connectivity index (χ2v) is 6.30. The largest absolute Gasteiger partial charge is 0.407 e. The molecule has 1 aromatic heterocycles. The van der Waals surface area contributed by atoms with Crippen LogP contribution in [0.4, 0.5) is 6.01 Å². The van der Waals surface area contributed by atoms with Crippen molar-refractivity contribution >= 4 is 17.8 Å². The maximum absolute atomic E-state index is 5.65. The zero-order valence-electron chi connectivity index (χ0n) is 10.6. The van der Waals surface area contributed by atoms with Crippen molar-refractivity contribution in [3.63, 3.8) is 0 Å². The first kappa shape index (κ1) is 12.7. The molecule has 1 N–H and O–H groups in total. The van der Waals surface area contributed by atoms with Crippen LogP contribution in [0.25, 0.3) is 0 Å². The van der Waals surface area contributed by atoms with Crippen LogP contribution in [0, 0.1) is 0 Å². The summed E-state index contributed by atoms with van der Waals surface area (Å²) in [6, 6.07) is 0.664. The minimum Gasteiger partial charge on any atom is -0.407 e. The fourth-order valence-electron chi connectivity index (χ4n) is 2.01. The van der Waals surface area contributed by atoms with Gasteiger partial charge in [0, 0.05) is 23.6 Å². The summed E-state index contributed by atoms with van der Waals surface area (Å²) < 4.78 is 5.65. The summed E-state index contributed by atoms with van der Waals surface area (Å²) in [5.41, 5.74) is 0. The third-order valence-corrected chi connectivity index (χ3v) is 3.90. The highest BCUT2D eigenvalue weighted by Gasteiger charge is 2.25. The Hall–Kier alpha value is -0.750. The summed E-state index contributed by atoms with van der Waals surface area (Å²) in [5, 5.41) is 12.6. The van der Waals surface area contributed by atoms with E-state index in [0.717, 1.165) is 19.6 Å². The van der Waals surface area contributed by atoms with Gasteiger partial charge in [-0.25, -0.2) is 0 Å². The molecule has 2 rings (SSSR count). The Morgan fingerprint density at radius 1 is 1.35 bits per heavy atom. The van der Waals surface area contributed by atoms with Crippen LogP contribution in [0.1, 0.15) is 26.7 Å². The molecule has 1 aromatic rings. The van der Waals surface area contributed by atoms with E-state index in [1.54, 1.807) is 0 Å². The molecule has 1 fully saturated rings. The van der Waals surface area contributed by atoms with E-state index in [-0.39, 0.29) is 0 Å². The molecule has 0 aromatic carbocycles. The van der Waals surface area contributed by atoms with Crippen LogP contribution < -0.4 is 10.2 Å². The van der Waals surface area contributed by atoms with Crippen LogP contribution in [0.3, 0.4) is 0 Å². The van der Waals surface area contributed by atoms with Crippen LogP contribution in [-0.4, -0.2) is 40.3 Å². The zero-order chi connectivity index (χ0) is 12.3. The monoisotopic (exact) mass is 256 g/mol. The number of hydrogen-bond acceptors (Lipinski definition) is 6. The zero-order valence-corrected chi connectivity index (χ0v) is 11.5. The number of rotatable bonds is 4. The number of anilines is 1. The fourth-order valence-corrected chi connectivity index (χ4v) is 3.34. The lowest BCUT2D eigenvalue weighted by Crippen LogP contribution is -2.40. The Labute approximate surface area is 106 Å². The predicted octanol–water partition coefficient (Wildman–Crippen LogP) is 1.51. The number of nitrogens with one attached hydrogen (secondary N) is 1. The van der Waals surface area contributed by atoms with E-state index < -0.39 is 0 Å². The highest BCUT2D eigenvalue weighted by Crippen LogP contribution is 2.27. The van der Waals surface area contributed by atoms with Gasteiger partial charge in [0.25, 0.3) is 0 Å². The van der Waals surface area contributed by atoms with Crippen molar-refractivity contribution in [2.75, 3.05) is 24.5 Å². The second kappa shape index (κ2) is 5.73. The molecule has 17 heavy (non-hydrogen) atoms. The van der Waals surface area contributed by atoms with E-state index in [1.807, 2.05) is 11.8 Å². The van der Waals surface area contributed by atoms with Gasteiger partial charge >= 0.3 is 6.01 Å². The van der Waals surface area contributed by atoms with Gasteiger partial charge in [0.1, 0.15) is 0 Å². The second-order valence-electron chi connectivity index (χ2n) is 4.42. The van der Waals surface area contributed by atoms with Crippen LogP contribution >= 0.6 is 11.8 Å². The Morgan fingerprint density at radius 3 is 2.71 bits per heavy atom. The SMILES string of the molecule is CCNCc1nnc(N2CC(C)SC(C)C2)o1. The van der Waals surface area contributed by atoms with Crippen LogP contribution in [-0.2, 0) is 6.54 Å². The first-order valence-corrected chi connectivity index (χ1v) is 7.06. The lowest BCUT2D eigenvalue weighted by Gasteiger charge is -2.33. The van der Waals surface area contributed by atoms with Crippen LogP contribution in [0.15, 0.2) is 4.42 Å². The minimum atomic E-state index is 0.614. The van der Waals surface area contributed by atoms with Crippen molar-refractivity contribution in [2.24, 2.45) is 0 Å². The maximum Gasteiger partial charge on any atom is 0.318 e. The third kappa shape index (κ3) is 3.35. The van der Waals surface area contributed by atoms with E-state index in [4.69, 9.17) is 4.42 Å². The van der Waals surface area contributed by atoms with Gasteiger partial charge in [-0.2, -0.15) is 11.8 Å². The summed E-state index contributed by atoms with van der Waals surface area (Å²) in [4.78, 5) is 2.19. The highest BCUT2D eigenvalue weighted by molar-refractivity contribution is 8.00. The molecule has 6 heteroatoms. The molecule has 0 aliphatic carbocycles. The predicted molar refractivity (Wildman–Crippen MR) is 70.4 cm³/mol. The first-order valence-electron chi connectivity index (χ1n) is 6.12. The van der Waals surface area contributed by atoms with Gasteiger partial charge in [-0.1, -0.05) is 25.9 Å². The summed E-state index contributed by atoms with van der Waals surface area (Å²) >= 11 is 2.02. The van der Waals surface area contributed by atoms with Crippen molar-refractivity contribution in [1.82, 2.24) is 15.5 Å². The quantitative estimate of drug-likeness (QED) is 0.881. The number of nitrogens with zero attached hydrogens (tertiary/aromatic N) is 3. The molecule has 0 radical (unpaired) electrons. The molecule has 96 valence electrons. The molecule has 2 unspecified atom stereocenters. The van der Waals surface area contributed by atoms with Gasteiger partial charge in [-0.05, 0) is 6.54 Å². The molecule has 0 saturated carbocycles. The molecule has 1 aliphatic heterocycles. The molecule has 0 bridgehead atoms. The van der Waals surface area contributed by atoms with E-state index in [0.29, 0.717) is 29.0 Å². The topological polar surface area (TPSA) is 54.2 Å². The molecule has 5 nitrogen and oxygen atoms in total. The Balaban J connectivity index is 1.98. The van der Waals surface area contributed by atoms with Gasteiger partial charge in [-0.15, -0.1) is 5.10 Å². The number of thioether (sulfide) groups is 1. The van der Waals surface area contributed by atoms with E-state index in [2.05, 4.69) is 41.2 Å². The molecule has 0 amide bonds. The lowest BCUT2D eigenvalue weighted by molar-refractivity contribution is 0.462. The first-order chi connectivity index (χ1) is 8.19. The molecular formula is C11H20N4OS. The van der Waals surface area contributed by atoms with Crippen LogP contribution in [0.5, 0.6) is 0 Å².